The van der Waals surface area contributed by atoms with Gasteiger partial charge in [-0.15, -0.1) is 0 Å². The summed E-state index contributed by atoms with van der Waals surface area (Å²) in [6.45, 7) is 1.65. The van der Waals surface area contributed by atoms with E-state index < -0.39 is 21.8 Å². The maximum atomic E-state index is 13.4. The van der Waals surface area contributed by atoms with Crippen LogP contribution in [0.3, 0.4) is 0 Å². The molecule has 25 heavy (non-hydrogen) atoms. The van der Waals surface area contributed by atoms with Crippen LogP contribution >= 0.6 is 0 Å². The number of sulfonamides is 1. The van der Waals surface area contributed by atoms with Gasteiger partial charge in [0.1, 0.15) is 0 Å². The quantitative estimate of drug-likeness (QED) is 0.852. The molecule has 2 saturated carbocycles. The molecule has 138 valence electrons. The predicted octanol–water partition coefficient (Wildman–Crippen LogP) is 2.86. The zero-order chi connectivity index (χ0) is 17.8. The number of benzene rings is 1. The van der Waals surface area contributed by atoms with E-state index in [0.29, 0.717) is 18.8 Å². The highest BCUT2D eigenvalue weighted by molar-refractivity contribution is 7.89. The van der Waals surface area contributed by atoms with Gasteiger partial charge in [-0.25, -0.2) is 13.1 Å². The number of alkyl halides is 3. The number of fused-ring (bicyclic) bond motifs is 1. The lowest BCUT2D eigenvalue weighted by atomic mass is 9.98. The van der Waals surface area contributed by atoms with Crippen LogP contribution in [0.25, 0.3) is 0 Å². The van der Waals surface area contributed by atoms with E-state index in [1.54, 1.807) is 0 Å². The van der Waals surface area contributed by atoms with Crippen LogP contribution < -0.4 is 10.0 Å². The van der Waals surface area contributed by atoms with Crippen LogP contribution in [0.4, 0.5) is 13.2 Å². The molecular weight excluding hydrogens is 353 g/mol. The van der Waals surface area contributed by atoms with Crippen molar-refractivity contribution in [1.82, 2.24) is 10.0 Å². The lowest BCUT2D eigenvalue weighted by Crippen LogP contribution is -2.39. The van der Waals surface area contributed by atoms with Crippen LogP contribution in [0.5, 0.6) is 0 Å². The maximum Gasteiger partial charge on any atom is 0.416 e. The first-order chi connectivity index (χ1) is 11.8. The van der Waals surface area contributed by atoms with E-state index in [-0.39, 0.29) is 28.3 Å². The summed E-state index contributed by atoms with van der Waals surface area (Å²) in [4.78, 5) is -0.195. The molecule has 0 unspecified atom stereocenters. The molecule has 3 aliphatic rings. The van der Waals surface area contributed by atoms with E-state index in [0.717, 1.165) is 32.0 Å². The summed E-state index contributed by atoms with van der Waals surface area (Å²) in [7, 11) is -3.98. The van der Waals surface area contributed by atoms with E-state index in [4.69, 9.17) is 0 Å². The standard InChI is InChI=1S/C17H21F3N2O2S/c18-17(19,20)13-2-1-3-15(16(13)10-4-5-10)25(23,24)22-14-7-6-11-8-21-9-12(11)14/h1-3,10-12,14,21-22H,4-9H2/t11-,12+,14-/m0/s1. The minimum absolute atomic E-state index is 0.0541. The zero-order valence-corrected chi connectivity index (χ0v) is 14.5. The molecule has 0 aromatic heterocycles. The van der Waals surface area contributed by atoms with Gasteiger partial charge in [-0.05, 0) is 74.2 Å². The molecule has 4 nitrogen and oxygen atoms in total. The molecule has 1 heterocycles. The number of hydrogen-bond donors (Lipinski definition) is 2. The molecule has 1 saturated heterocycles. The second kappa shape index (κ2) is 5.96. The summed E-state index contributed by atoms with van der Waals surface area (Å²) in [5.74, 6) is 0.371. The van der Waals surface area contributed by atoms with E-state index in [1.807, 2.05) is 0 Å². The van der Waals surface area contributed by atoms with Crippen molar-refractivity contribution in [1.29, 1.82) is 0 Å². The Balaban J connectivity index is 1.68. The van der Waals surface area contributed by atoms with Crippen LogP contribution in [-0.4, -0.2) is 27.5 Å². The normalized spacial score (nSPS) is 29.8. The summed E-state index contributed by atoms with van der Waals surface area (Å²) in [5, 5.41) is 3.26. The summed E-state index contributed by atoms with van der Waals surface area (Å²) in [6, 6.07) is 3.29. The van der Waals surface area contributed by atoms with Crippen molar-refractivity contribution in [3.8, 4) is 0 Å². The van der Waals surface area contributed by atoms with Gasteiger partial charge >= 0.3 is 6.18 Å². The Morgan fingerprint density at radius 2 is 1.84 bits per heavy atom. The zero-order valence-electron chi connectivity index (χ0n) is 13.6. The lowest BCUT2D eigenvalue weighted by molar-refractivity contribution is -0.138. The Bertz CT molecular complexity index is 775. The number of hydrogen-bond acceptors (Lipinski definition) is 3. The molecule has 0 bridgehead atoms. The van der Waals surface area contributed by atoms with E-state index in [9.17, 15) is 21.6 Å². The molecule has 1 aromatic rings. The average Bonchev–Trinajstić information content (AvgIpc) is 3.16. The Morgan fingerprint density at radius 3 is 2.52 bits per heavy atom. The third kappa shape index (κ3) is 3.19. The van der Waals surface area contributed by atoms with Crippen LogP contribution in [-0.2, 0) is 16.2 Å². The number of nitrogens with one attached hydrogen (secondary N) is 2. The molecular formula is C17H21F3N2O2S. The van der Waals surface area contributed by atoms with Crippen LogP contribution in [0, 0.1) is 11.8 Å². The number of halogens is 3. The monoisotopic (exact) mass is 374 g/mol. The number of rotatable bonds is 4. The minimum atomic E-state index is -4.54. The van der Waals surface area contributed by atoms with Gasteiger partial charge in [0, 0.05) is 6.04 Å². The van der Waals surface area contributed by atoms with Crippen molar-refractivity contribution >= 4 is 10.0 Å². The van der Waals surface area contributed by atoms with Crippen molar-refractivity contribution < 1.29 is 21.6 Å². The van der Waals surface area contributed by atoms with E-state index >= 15 is 0 Å². The third-order valence-electron chi connectivity index (χ3n) is 5.71. The van der Waals surface area contributed by atoms with Gasteiger partial charge in [0.15, 0.2) is 0 Å². The van der Waals surface area contributed by atoms with Crippen molar-refractivity contribution in [3.63, 3.8) is 0 Å². The van der Waals surface area contributed by atoms with Gasteiger partial charge in [0.25, 0.3) is 0 Å². The van der Waals surface area contributed by atoms with Crippen molar-refractivity contribution in [2.75, 3.05) is 13.1 Å². The molecule has 1 aliphatic heterocycles. The summed E-state index contributed by atoms with van der Waals surface area (Å²) in [5.41, 5.74) is -0.869. The van der Waals surface area contributed by atoms with Crippen molar-refractivity contribution in [2.24, 2.45) is 11.8 Å². The molecule has 2 aliphatic carbocycles. The molecule has 4 rings (SSSR count). The highest BCUT2D eigenvalue weighted by atomic mass is 32.2. The molecule has 0 amide bonds. The largest absolute Gasteiger partial charge is 0.416 e. The fourth-order valence-electron chi connectivity index (χ4n) is 4.38. The maximum absolute atomic E-state index is 13.4. The van der Waals surface area contributed by atoms with Gasteiger partial charge in [-0.1, -0.05) is 6.07 Å². The summed E-state index contributed by atoms with van der Waals surface area (Å²) in [6.07, 6.45) is -1.64. The molecule has 3 fully saturated rings. The third-order valence-corrected chi connectivity index (χ3v) is 7.26. The SMILES string of the molecule is O=S(=O)(N[C@H]1CC[C@H]2CNC[C@H]21)c1cccc(C(F)(F)F)c1C1CC1. The molecule has 0 radical (unpaired) electrons. The van der Waals surface area contributed by atoms with Crippen LogP contribution in [0.1, 0.15) is 42.7 Å². The Morgan fingerprint density at radius 1 is 1.08 bits per heavy atom. The Kier molecular flexibility index (Phi) is 4.12. The lowest BCUT2D eigenvalue weighted by Gasteiger charge is -2.22. The molecule has 3 atom stereocenters. The van der Waals surface area contributed by atoms with Gasteiger partial charge in [-0.3, -0.25) is 0 Å². The second-order valence-electron chi connectivity index (χ2n) is 7.38. The molecule has 8 heteroatoms. The molecule has 1 aromatic carbocycles. The fraction of sp³-hybridized carbons (Fsp3) is 0.647. The molecule has 2 N–H and O–H groups in total. The van der Waals surface area contributed by atoms with Crippen LogP contribution in [0.15, 0.2) is 23.1 Å². The fourth-order valence-corrected chi connectivity index (χ4v) is 6.02. The first-order valence-electron chi connectivity index (χ1n) is 8.70. The Labute approximate surface area is 145 Å². The van der Waals surface area contributed by atoms with Crippen molar-refractivity contribution in [2.45, 2.75) is 48.7 Å². The first kappa shape index (κ1) is 17.3. The van der Waals surface area contributed by atoms with E-state index in [1.165, 1.54) is 12.1 Å². The van der Waals surface area contributed by atoms with Gasteiger partial charge in [0.05, 0.1) is 10.5 Å². The second-order valence-corrected chi connectivity index (χ2v) is 9.06. The topological polar surface area (TPSA) is 58.2 Å². The van der Waals surface area contributed by atoms with E-state index in [2.05, 4.69) is 10.0 Å². The van der Waals surface area contributed by atoms with Gasteiger partial charge in [-0.2, -0.15) is 13.2 Å². The minimum Gasteiger partial charge on any atom is -0.316 e. The van der Waals surface area contributed by atoms with Gasteiger partial charge < -0.3 is 5.32 Å². The Hall–Kier alpha value is -1.12. The average molecular weight is 374 g/mol. The molecule has 0 spiro atoms. The highest BCUT2D eigenvalue weighted by Crippen LogP contribution is 2.48. The first-order valence-corrected chi connectivity index (χ1v) is 10.2. The highest BCUT2D eigenvalue weighted by Gasteiger charge is 2.44. The van der Waals surface area contributed by atoms with Crippen LogP contribution in [0.2, 0.25) is 0 Å². The summed E-state index contributed by atoms with van der Waals surface area (Å²) >= 11 is 0. The smallest absolute Gasteiger partial charge is 0.316 e. The van der Waals surface area contributed by atoms with Crippen molar-refractivity contribution in [3.05, 3.63) is 29.3 Å². The van der Waals surface area contributed by atoms with Gasteiger partial charge in [0.2, 0.25) is 10.0 Å². The summed E-state index contributed by atoms with van der Waals surface area (Å²) < 4.78 is 68.6. The predicted molar refractivity (Wildman–Crippen MR) is 86.6 cm³/mol.